The Morgan fingerprint density at radius 3 is 1.87 bits per heavy atom. The molecule has 0 aliphatic carbocycles. The van der Waals surface area contributed by atoms with Crippen molar-refractivity contribution in [2.45, 2.75) is 33.9 Å². The number of hydrogen-bond acceptors (Lipinski definition) is 2. The van der Waals surface area contributed by atoms with Crippen molar-refractivity contribution in [2.75, 3.05) is 21.1 Å². The molecule has 0 amide bonds. The van der Waals surface area contributed by atoms with Gasteiger partial charge in [-0.25, -0.2) is 4.79 Å². The van der Waals surface area contributed by atoms with Gasteiger partial charge in [0.25, 0.3) is 0 Å². The van der Waals surface area contributed by atoms with Crippen molar-refractivity contribution in [3.63, 3.8) is 0 Å². The van der Waals surface area contributed by atoms with E-state index >= 15 is 0 Å². The molecule has 0 aromatic rings. The van der Waals surface area contributed by atoms with Crippen LogP contribution in [0.5, 0.6) is 0 Å². The van der Waals surface area contributed by atoms with Crippen LogP contribution in [0.1, 0.15) is 27.7 Å². The SMILES string of the molecule is C=C(C)C(=O)OC(C(C)(C)C)[N+](C)(C)C. The molecule has 0 bridgehead atoms. The molecule has 1 atom stereocenters. The van der Waals surface area contributed by atoms with Crippen molar-refractivity contribution >= 4 is 5.97 Å². The third-order valence-electron chi connectivity index (χ3n) is 2.01. The molecule has 0 N–H and O–H groups in total. The van der Waals surface area contributed by atoms with Gasteiger partial charge in [0.1, 0.15) is 0 Å². The highest BCUT2D eigenvalue weighted by Crippen LogP contribution is 2.27. The lowest BCUT2D eigenvalue weighted by Gasteiger charge is -2.40. The molecule has 0 fully saturated rings. The zero-order valence-corrected chi connectivity index (χ0v) is 11.0. The highest BCUT2D eigenvalue weighted by Gasteiger charge is 2.39. The van der Waals surface area contributed by atoms with Gasteiger partial charge < -0.3 is 4.74 Å². The van der Waals surface area contributed by atoms with Gasteiger partial charge in [0.2, 0.25) is 6.23 Å². The third kappa shape index (κ3) is 4.47. The Hall–Kier alpha value is -0.830. The van der Waals surface area contributed by atoms with E-state index in [1.165, 1.54) is 0 Å². The fourth-order valence-corrected chi connectivity index (χ4v) is 1.70. The highest BCUT2D eigenvalue weighted by atomic mass is 16.6. The number of carbonyl (C=O) groups is 1. The molecule has 0 aromatic heterocycles. The second-order valence-electron chi connectivity index (χ2n) is 6.02. The Labute approximate surface area is 93.3 Å². The minimum atomic E-state index is -0.317. The normalized spacial score (nSPS) is 14.6. The van der Waals surface area contributed by atoms with E-state index < -0.39 is 0 Å². The first kappa shape index (κ1) is 14.2. The van der Waals surface area contributed by atoms with E-state index in [9.17, 15) is 4.79 Å². The molecule has 88 valence electrons. The monoisotopic (exact) mass is 214 g/mol. The minimum absolute atomic E-state index is 0.0939. The molecular formula is C12H24NO2+. The van der Waals surface area contributed by atoms with Crippen LogP contribution >= 0.6 is 0 Å². The highest BCUT2D eigenvalue weighted by molar-refractivity contribution is 5.87. The van der Waals surface area contributed by atoms with Crippen molar-refractivity contribution in [3.8, 4) is 0 Å². The van der Waals surface area contributed by atoms with Crippen molar-refractivity contribution in [3.05, 3.63) is 12.2 Å². The van der Waals surface area contributed by atoms with Crippen molar-refractivity contribution in [1.82, 2.24) is 0 Å². The summed E-state index contributed by atoms with van der Waals surface area (Å²) in [5.41, 5.74) is 0.348. The maximum atomic E-state index is 11.5. The molecule has 3 heteroatoms. The predicted octanol–water partition coefficient (Wildman–Crippen LogP) is 2.18. The second-order valence-corrected chi connectivity index (χ2v) is 6.02. The first-order valence-corrected chi connectivity index (χ1v) is 5.14. The van der Waals surface area contributed by atoms with Crippen LogP contribution in [0.15, 0.2) is 12.2 Å². The Balaban J connectivity index is 4.85. The first-order chi connectivity index (χ1) is 6.46. The van der Waals surface area contributed by atoms with E-state index in [0.29, 0.717) is 10.1 Å². The lowest BCUT2D eigenvalue weighted by atomic mass is 9.92. The Morgan fingerprint density at radius 1 is 1.27 bits per heavy atom. The number of ether oxygens (including phenoxy) is 1. The molecular weight excluding hydrogens is 190 g/mol. The molecule has 0 saturated heterocycles. The van der Waals surface area contributed by atoms with E-state index in [2.05, 4.69) is 27.4 Å². The smallest absolute Gasteiger partial charge is 0.337 e. The number of nitrogens with zero attached hydrogens (tertiary/aromatic N) is 1. The quantitative estimate of drug-likeness (QED) is 0.311. The van der Waals surface area contributed by atoms with Gasteiger partial charge in [-0.05, 0) is 6.92 Å². The van der Waals surface area contributed by atoms with Gasteiger partial charge in [0.05, 0.1) is 26.6 Å². The number of hydrogen-bond donors (Lipinski definition) is 0. The van der Waals surface area contributed by atoms with Gasteiger partial charge in [-0.3, -0.25) is 4.48 Å². The number of rotatable bonds is 3. The molecule has 15 heavy (non-hydrogen) atoms. The van der Waals surface area contributed by atoms with Crippen LogP contribution in [-0.4, -0.2) is 37.8 Å². The van der Waals surface area contributed by atoms with Gasteiger partial charge in [-0.15, -0.1) is 0 Å². The summed E-state index contributed by atoms with van der Waals surface area (Å²) >= 11 is 0. The van der Waals surface area contributed by atoms with Crippen LogP contribution in [0, 0.1) is 5.41 Å². The zero-order valence-electron chi connectivity index (χ0n) is 11.0. The van der Waals surface area contributed by atoms with Crippen molar-refractivity contribution < 1.29 is 14.0 Å². The lowest BCUT2D eigenvalue weighted by Crippen LogP contribution is -2.54. The standard InChI is InChI=1S/C12H24NO2/c1-9(2)10(14)15-11(12(3,4)5)13(6,7)8/h11H,1H2,2-8H3/q+1. The number of carbonyl (C=O) groups excluding carboxylic acids is 1. The first-order valence-electron chi connectivity index (χ1n) is 5.14. The van der Waals surface area contributed by atoms with Crippen LogP contribution in [0.3, 0.4) is 0 Å². The van der Waals surface area contributed by atoms with Crippen LogP contribution in [0.4, 0.5) is 0 Å². The van der Waals surface area contributed by atoms with E-state index in [1.807, 2.05) is 21.1 Å². The van der Waals surface area contributed by atoms with Crippen LogP contribution in [-0.2, 0) is 9.53 Å². The minimum Gasteiger partial charge on any atom is -0.408 e. The molecule has 0 heterocycles. The van der Waals surface area contributed by atoms with Gasteiger partial charge >= 0.3 is 5.97 Å². The van der Waals surface area contributed by atoms with Crippen molar-refractivity contribution in [2.24, 2.45) is 5.41 Å². The topological polar surface area (TPSA) is 26.3 Å². The van der Waals surface area contributed by atoms with Crippen LogP contribution < -0.4 is 0 Å². The molecule has 3 nitrogen and oxygen atoms in total. The molecule has 0 aromatic carbocycles. The summed E-state index contributed by atoms with van der Waals surface area (Å²) in [4.78, 5) is 11.5. The fraction of sp³-hybridized carbons (Fsp3) is 0.750. The molecule has 0 spiro atoms. The lowest BCUT2D eigenvalue weighted by molar-refractivity contribution is -0.924. The largest absolute Gasteiger partial charge is 0.408 e. The maximum Gasteiger partial charge on any atom is 0.337 e. The molecule has 0 saturated carbocycles. The number of quaternary nitrogens is 1. The Kier molecular flexibility index (Phi) is 4.11. The van der Waals surface area contributed by atoms with Crippen LogP contribution in [0.2, 0.25) is 0 Å². The Bertz CT molecular complexity index is 242. The van der Waals surface area contributed by atoms with Gasteiger partial charge in [0, 0.05) is 5.57 Å². The summed E-state index contributed by atoms with van der Waals surface area (Å²) < 4.78 is 6.06. The van der Waals surface area contributed by atoms with Crippen LogP contribution in [0.25, 0.3) is 0 Å². The van der Waals surface area contributed by atoms with E-state index in [1.54, 1.807) is 6.92 Å². The molecule has 0 aliphatic rings. The second kappa shape index (κ2) is 4.35. The summed E-state index contributed by atoms with van der Waals surface area (Å²) in [6, 6.07) is 0. The van der Waals surface area contributed by atoms with Crippen molar-refractivity contribution in [1.29, 1.82) is 0 Å². The van der Waals surface area contributed by atoms with E-state index in [-0.39, 0.29) is 17.6 Å². The molecule has 1 unspecified atom stereocenters. The summed E-state index contributed by atoms with van der Waals surface area (Å²) in [6.07, 6.45) is -0.179. The van der Waals surface area contributed by atoms with Gasteiger partial charge in [0.15, 0.2) is 0 Å². The molecule has 0 aliphatic heterocycles. The van der Waals surface area contributed by atoms with E-state index in [4.69, 9.17) is 4.74 Å². The third-order valence-corrected chi connectivity index (χ3v) is 2.01. The van der Waals surface area contributed by atoms with Gasteiger partial charge in [-0.2, -0.15) is 0 Å². The molecule has 0 rings (SSSR count). The van der Waals surface area contributed by atoms with Gasteiger partial charge in [-0.1, -0.05) is 27.4 Å². The Morgan fingerprint density at radius 2 is 1.67 bits per heavy atom. The maximum absolute atomic E-state index is 11.5. The summed E-state index contributed by atoms with van der Waals surface area (Å²) in [5.74, 6) is -0.317. The molecule has 0 radical (unpaired) electrons. The van der Waals surface area contributed by atoms with E-state index in [0.717, 1.165) is 0 Å². The summed E-state index contributed by atoms with van der Waals surface area (Å²) in [7, 11) is 6.05. The predicted molar refractivity (Wildman–Crippen MR) is 62.2 cm³/mol. The summed E-state index contributed by atoms with van der Waals surface area (Å²) in [6.45, 7) is 11.4. The number of esters is 1. The summed E-state index contributed by atoms with van der Waals surface area (Å²) in [5, 5.41) is 0. The fourth-order valence-electron chi connectivity index (χ4n) is 1.70. The zero-order chi connectivity index (χ0) is 12.4. The average molecular weight is 214 g/mol. The average Bonchev–Trinajstić information content (AvgIpc) is 1.94.